The molecular weight excluding hydrogens is 261 g/mol. The van der Waals surface area contributed by atoms with Gasteiger partial charge in [-0.3, -0.25) is 4.98 Å². The monoisotopic (exact) mass is 277 g/mol. The number of hydrogen-bond acceptors (Lipinski definition) is 1. The Hall–Kier alpha value is -2.48. The number of halogens is 1. The molecule has 0 aliphatic rings. The van der Waals surface area contributed by atoms with Gasteiger partial charge in [-0.15, -0.1) is 0 Å². The van der Waals surface area contributed by atoms with Crippen LogP contribution in [-0.2, 0) is 0 Å². The summed E-state index contributed by atoms with van der Waals surface area (Å²) in [5.74, 6) is -0.295. The lowest BCUT2D eigenvalue weighted by Crippen LogP contribution is -1.91. The molecule has 0 fully saturated rings. The summed E-state index contributed by atoms with van der Waals surface area (Å²) >= 11 is 0. The van der Waals surface area contributed by atoms with Gasteiger partial charge in [0, 0.05) is 17.3 Å². The van der Waals surface area contributed by atoms with Crippen LogP contribution < -0.4 is 0 Å². The molecule has 0 spiro atoms. The molecule has 0 bridgehead atoms. The van der Waals surface area contributed by atoms with Crippen molar-refractivity contribution < 1.29 is 4.39 Å². The minimum Gasteiger partial charge on any atom is -0.253 e. The Bertz CT molecular complexity index is 759. The molecule has 3 rings (SSSR count). The van der Waals surface area contributed by atoms with Crippen LogP contribution in [0.3, 0.4) is 0 Å². The van der Waals surface area contributed by atoms with Gasteiger partial charge in [0.05, 0.1) is 0 Å². The largest absolute Gasteiger partial charge is 0.253 e. The zero-order valence-corrected chi connectivity index (χ0v) is 12.1. The van der Waals surface area contributed by atoms with Crippen molar-refractivity contribution in [1.82, 2.24) is 4.98 Å². The Morgan fingerprint density at radius 3 is 1.76 bits per heavy atom. The summed E-state index contributed by atoms with van der Waals surface area (Å²) in [5, 5.41) is 0. The lowest BCUT2D eigenvalue weighted by atomic mass is 10.0. The van der Waals surface area contributed by atoms with Crippen molar-refractivity contribution in [2.45, 2.75) is 13.8 Å². The Labute approximate surface area is 124 Å². The minimum atomic E-state index is -0.295. The second-order valence-corrected chi connectivity index (χ2v) is 5.29. The highest BCUT2D eigenvalue weighted by molar-refractivity contribution is 5.67. The van der Waals surface area contributed by atoms with Gasteiger partial charge >= 0.3 is 0 Å². The number of pyridine rings is 1. The first-order chi connectivity index (χ1) is 10.1. The van der Waals surface area contributed by atoms with Crippen molar-refractivity contribution in [3.63, 3.8) is 0 Å². The van der Waals surface area contributed by atoms with Gasteiger partial charge in [-0.1, -0.05) is 59.7 Å². The fourth-order valence-electron chi connectivity index (χ4n) is 2.27. The van der Waals surface area contributed by atoms with Gasteiger partial charge in [-0.05, 0) is 25.5 Å². The molecule has 0 aliphatic carbocycles. The molecule has 0 atom stereocenters. The van der Waals surface area contributed by atoms with E-state index in [1.54, 1.807) is 12.3 Å². The van der Waals surface area contributed by atoms with E-state index in [1.807, 2.05) is 62.4 Å². The predicted octanol–water partition coefficient (Wildman–Crippen LogP) is 5.17. The molecule has 2 heteroatoms. The third-order valence-corrected chi connectivity index (χ3v) is 3.55. The molecule has 0 unspecified atom stereocenters. The first kappa shape index (κ1) is 13.5. The summed E-state index contributed by atoms with van der Waals surface area (Å²) in [6, 6.07) is 17.3. The van der Waals surface area contributed by atoms with Crippen LogP contribution in [0, 0.1) is 19.7 Å². The summed E-state index contributed by atoms with van der Waals surface area (Å²) in [7, 11) is 0. The van der Waals surface area contributed by atoms with E-state index in [2.05, 4.69) is 4.98 Å². The third kappa shape index (κ3) is 2.84. The van der Waals surface area contributed by atoms with Crippen molar-refractivity contribution in [1.29, 1.82) is 0 Å². The van der Waals surface area contributed by atoms with E-state index in [0.29, 0.717) is 5.69 Å². The maximum Gasteiger partial charge on any atom is 0.150 e. The summed E-state index contributed by atoms with van der Waals surface area (Å²) in [6.07, 6.45) is 1.73. The van der Waals surface area contributed by atoms with Crippen LogP contribution in [-0.4, -0.2) is 4.98 Å². The van der Waals surface area contributed by atoms with Gasteiger partial charge < -0.3 is 0 Å². The number of nitrogens with zero attached hydrogens (tertiary/aromatic N) is 1. The van der Waals surface area contributed by atoms with Gasteiger partial charge in [0.15, 0.2) is 0 Å². The zero-order chi connectivity index (χ0) is 14.8. The molecule has 0 aliphatic heterocycles. The summed E-state index contributed by atoms with van der Waals surface area (Å²) in [4.78, 5) is 4.30. The van der Waals surface area contributed by atoms with Crippen LogP contribution in [0.1, 0.15) is 11.1 Å². The van der Waals surface area contributed by atoms with Gasteiger partial charge in [0.25, 0.3) is 0 Å². The molecule has 0 saturated carbocycles. The van der Waals surface area contributed by atoms with Crippen molar-refractivity contribution in [2.75, 3.05) is 0 Å². The van der Waals surface area contributed by atoms with Crippen LogP contribution in [0.15, 0.2) is 60.8 Å². The number of aryl methyl sites for hydroxylation is 2. The first-order valence-corrected chi connectivity index (χ1v) is 6.93. The smallest absolute Gasteiger partial charge is 0.150 e. The number of benzene rings is 2. The quantitative estimate of drug-likeness (QED) is 0.629. The fourth-order valence-corrected chi connectivity index (χ4v) is 2.27. The zero-order valence-electron chi connectivity index (χ0n) is 12.1. The standard InChI is InChI=1S/C19H16FN/c1-13-3-7-15(8-4-13)17-11-18(20)19(21-12-17)16-9-5-14(2)6-10-16/h3-12H,1-2H3. The average Bonchev–Trinajstić information content (AvgIpc) is 2.49. The second-order valence-electron chi connectivity index (χ2n) is 5.29. The minimum absolute atomic E-state index is 0.295. The van der Waals surface area contributed by atoms with E-state index < -0.39 is 0 Å². The van der Waals surface area contributed by atoms with Crippen LogP contribution >= 0.6 is 0 Å². The lowest BCUT2D eigenvalue weighted by molar-refractivity contribution is 0.626. The van der Waals surface area contributed by atoms with E-state index in [4.69, 9.17) is 0 Å². The molecule has 3 aromatic rings. The Morgan fingerprint density at radius 2 is 1.24 bits per heavy atom. The van der Waals surface area contributed by atoms with E-state index in [0.717, 1.165) is 22.3 Å². The highest BCUT2D eigenvalue weighted by Gasteiger charge is 2.08. The molecule has 0 amide bonds. The molecule has 21 heavy (non-hydrogen) atoms. The predicted molar refractivity (Wildman–Crippen MR) is 84.5 cm³/mol. The lowest BCUT2D eigenvalue weighted by Gasteiger charge is -2.07. The highest BCUT2D eigenvalue weighted by atomic mass is 19.1. The molecule has 0 N–H and O–H groups in total. The topological polar surface area (TPSA) is 12.9 Å². The highest BCUT2D eigenvalue weighted by Crippen LogP contribution is 2.26. The maximum absolute atomic E-state index is 14.3. The number of hydrogen-bond donors (Lipinski definition) is 0. The number of rotatable bonds is 2. The summed E-state index contributed by atoms with van der Waals surface area (Å²) in [6.45, 7) is 4.04. The van der Waals surface area contributed by atoms with E-state index in [-0.39, 0.29) is 5.82 Å². The summed E-state index contributed by atoms with van der Waals surface area (Å²) < 4.78 is 14.3. The Balaban J connectivity index is 1.99. The Kier molecular flexibility index (Phi) is 3.53. The second kappa shape index (κ2) is 5.49. The number of aromatic nitrogens is 1. The van der Waals surface area contributed by atoms with Crippen LogP contribution in [0.4, 0.5) is 4.39 Å². The van der Waals surface area contributed by atoms with Crippen LogP contribution in [0.5, 0.6) is 0 Å². The van der Waals surface area contributed by atoms with Crippen molar-refractivity contribution in [3.05, 3.63) is 77.7 Å². The summed E-state index contributed by atoms with van der Waals surface area (Å²) in [5.41, 5.74) is 5.30. The van der Waals surface area contributed by atoms with Crippen LogP contribution in [0.25, 0.3) is 22.4 Å². The molecule has 104 valence electrons. The SMILES string of the molecule is Cc1ccc(-c2cnc(-c3ccc(C)cc3)c(F)c2)cc1. The van der Waals surface area contributed by atoms with E-state index in [9.17, 15) is 4.39 Å². The molecular formula is C19H16FN. The molecule has 1 aromatic heterocycles. The van der Waals surface area contributed by atoms with E-state index >= 15 is 0 Å². The average molecular weight is 277 g/mol. The van der Waals surface area contributed by atoms with Crippen molar-refractivity contribution in [3.8, 4) is 22.4 Å². The third-order valence-electron chi connectivity index (χ3n) is 3.55. The van der Waals surface area contributed by atoms with E-state index in [1.165, 1.54) is 5.56 Å². The fraction of sp³-hybridized carbons (Fsp3) is 0.105. The molecule has 1 nitrogen and oxygen atoms in total. The molecule has 2 aromatic carbocycles. The molecule has 0 radical (unpaired) electrons. The van der Waals surface area contributed by atoms with Crippen LogP contribution in [0.2, 0.25) is 0 Å². The van der Waals surface area contributed by atoms with Crippen molar-refractivity contribution in [2.24, 2.45) is 0 Å². The normalized spacial score (nSPS) is 10.6. The van der Waals surface area contributed by atoms with Gasteiger partial charge in [0.2, 0.25) is 0 Å². The Morgan fingerprint density at radius 1 is 0.714 bits per heavy atom. The van der Waals surface area contributed by atoms with Gasteiger partial charge in [0.1, 0.15) is 11.5 Å². The van der Waals surface area contributed by atoms with Crippen molar-refractivity contribution >= 4 is 0 Å². The molecule has 0 saturated heterocycles. The molecule has 1 heterocycles. The van der Waals surface area contributed by atoms with Gasteiger partial charge in [-0.25, -0.2) is 4.39 Å². The van der Waals surface area contributed by atoms with Gasteiger partial charge in [-0.2, -0.15) is 0 Å². The first-order valence-electron chi connectivity index (χ1n) is 6.93. The maximum atomic E-state index is 14.3.